The van der Waals surface area contributed by atoms with Crippen LogP contribution in [0.4, 0.5) is 0 Å². The number of rotatable bonds is 5. The highest BCUT2D eigenvalue weighted by Gasteiger charge is 2.26. The molecule has 0 aliphatic heterocycles. The average Bonchev–Trinajstić information content (AvgIpc) is 2.38. The fraction of sp³-hybridized carbons (Fsp3) is 0.625. The van der Waals surface area contributed by atoms with Gasteiger partial charge in [0.25, 0.3) is 0 Å². The molecule has 0 unspecified atom stereocenters. The molecule has 106 valence electrons. The molecule has 1 N–H and O–H groups in total. The number of hydrogen-bond acceptors (Lipinski definition) is 2. The maximum atomic E-state index is 5.71. The van der Waals surface area contributed by atoms with Crippen LogP contribution in [0.25, 0.3) is 0 Å². The Morgan fingerprint density at radius 1 is 1.21 bits per heavy atom. The minimum absolute atomic E-state index is 0.548. The van der Waals surface area contributed by atoms with Crippen molar-refractivity contribution in [3.63, 3.8) is 0 Å². The van der Waals surface area contributed by atoms with Gasteiger partial charge in [0.1, 0.15) is 12.4 Å². The minimum atomic E-state index is 0.548. The summed E-state index contributed by atoms with van der Waals surface area (Å²) in [7, 11) is 0. The molecule has 2 nitrogen and oxygen atoms in total. The topological polar surface area (TPSA) is 21.3 Å². The van der Waals surface area contributed by atoms with E-state index in [9.17, 15) is 0 Å². The lowest BCUT2D eigenvalue weighted by atomic mass is 9.75. The molecule has 2 rings (SSSR count). The van der Waals surface area contributed by atoms with Crippen LogP contribution in [0.2, 0.25) is 0 Å². The van der Waals surface area contributed by atoms with Crippen LogP contribution in [-0.2, 0) is 0 Å². The number of ether oxygens (including phenoxy) is 1. The summed E-state index contributed by atoms with van der Waals surface area (Å²) >= 11 is 3.42. The summed E-state index contributed by atoms with van der Waals surface area (Å²) < 4.78 is 6.80. The Balaban J connectivity index is 1.61. The zero-order valence-corrected chi connectivity index (χ0v) is 13.5. The third kappa shape index (κ3) is 5.15. The van der Waals surface area contributed by atoms with Crippen LogP contribution in [0.15, 0.2) is 28.7 Å². The average molecular weight is 326 g/mol. The molecule has 0 amide bonds. The highest BCUT2D eigenvalue weighted by molar-refractivity contribution is 9.10. The van der Waals surface area contributed by atoms with Crippen LogP contribution in [0.3, 0.4) is 0 Å². The molecule has 1 aliphatic carbocycles. The summed E-state index contributed by atoms with van der Waals surface area (Å²) in [6.45, 7) is 6.42. The molecule has 0 aromatic heterocycles. The third-order valence-corrected chi connectivity index (χ3v) is 4.49. The maximum absolute atomic E-state index is 5.71. The van der Waals surface area contributed by atoms with Gasteiger partial charge in [-0.25, -0.2) is 0 Å². The smallest absolute Gasteiger partial charge is 0.119 e. The van der Waals surface area contributed by atoms with Gasteiger partial charge in [-0.05, 0) is 55.4 Å². The van der Waals surface area contributed by atoms with Gasteiger partial charge in [-0.1, -0.05) is 29.8 Å². The van der Waals surface area contributed by atoms with Gasteiger partial charge in [0, 0.05) is 17.1 Å². The molecule has 1 aliphatic rings. The zero-order chi connectivity index (χ0) is 13.7. The van der Waals surface area contributed by atoms with Crippen molar-refractivity contribution in [2.75, 3.05) is 13.2 Å². The highest BCUT2D eigenvalue weighted by atomic mass is 79.9. The van der Waals surface area contributed by atoms with E-state index in [1.54, 1.807) is 0 Å². The van der Waals surface area contributed by atoms with Crippen molar-refractivity contribution in [3.8, 4) is 5.75 Å². The molecule has 0 atom stereocenters. The lowest BCUT2D eigenvalue weighted by molar-refractivity contribution is 0.200. The summed E-state index contributed by atoms with van der Waals surface area (Å²) in [6, 6.07) is 8.68. The first-order valence-corrected chi connectivity index (χ1v) is 7.96. The van der Waals surface area contributed by atoms with E-state index in [4.69, 9.17) is 4.74 Å². The Bertz CT molecular complexity index is 378. The molecule has 1 saturated carbocycles. The molecule has 1 fully saturated rings. The Hall–Kier alpha value is -0.540. The Labute approximate surface area is 125 Å². The third-order valence-electron chi connectivity index (χ3n) is 3.96. The first-order chi connectivity index (χ1) is 9.05. The lowest BCUT2D eigenvalue weighted by Crippen LogP contribution is -2.37. The molecule has 0 bridgehead atoms. The molecule has 0 spiro atoms. The van der Waals surface area contributed by atoms with Crippen molar-refractivity contribution in [2.45, 2.75) is 45.6 Å². The minimum Gasteiger partial charge on any atom is -0.492 e. The first kappa shape index (κ1) is 14.9. The molecular formula is C16H24BrNO. The van der Waals surface area contributed by atoms with E-state index in [0.29, 0.717) is 11.5 Å². The second-order valence-corrected chi connectivity index (χ2v) is 7.11. The van der Waals surface area contributed by atoms with Gasteiger partial charge < -0.3 is 10.1 Å². The summed E-state index contributed by atoms with van der Waals surface area (Å²) in [5, 5.41) is 3.61. The Kier molecular flexibility index (Phi) is 5.28. The molecular weight excluding hydrogens is 302 g/mol. The largest absolute Gasteiger partial charge is 0.492 e. The SMILES string of the molecule is CC1(C)CCC(NCCOc2ccc(Br)cc2)CC1. The van der Waals surface area contributed by atoms with Crippen LogP contribution in [-0.4, -0.2) is 19.2 Å². The van der Waals surface area contributed by atoms with Crippen molar-refractivity contribution in [1.29, 1.82) is 0 Å². The number of benzene rings is 1. The summed E-state index contributed by atoms with van der Waals surface area (Å²) in [5.74, 6) is 0.940. The highest BCUT2D eigenvalue weighted by Crippen LogP contribution is 2.34. The van der Waals surface area contributed by atoms with E-state index in [0.717, 1.165) is 23.4 Å². The van der Waals surface area contributed by atoms with E-state index in [1.165, 1.54) is 25.7 Å². The number of hydrogen-bond donors (Lipinski definition) is 1. The van der Waals surface area contributed by atoms with E-state index in [1.807, 2.05) is 24.3 Å². The standard InChI is InChI=1S/C16H24BrNO/c1-16(2)9-7-14(8-10-16)18-11-12-19-15-5-3-13(17)4-6-15/h3-6,14,18H,7-12H2,1-2H3. The number of nitrogens with one attached hydrogen (secondary N) is 1. The van der Waals surface area contributed by atoms with E-state index < -0.39 is 0 Å². The molecule has 0 saturated heterocycles. The van der Waals surface area contributed by atoms with E-state index >= 15 is 0 Å². The van der Waals surface area contributed by atoms with E-state index in [-0.39, 0.29) is 0 Å². The summed E-state index contributed by atoms with van der Waals surface area (Å²) in [5.41, 5.74) is 0.548. The fourth-order valence-electron chi connectivity index (χ4n) is 2.57. The molecule has 19 heavy (non-hydrogen) atoms. The monoisotopic (exact) mass is 325 g/mol. The van der Waals surface area contributed by atoms with Crippen LogP contribution in [0.1, 0.15) is 39.5 Å². The predicted molar refractivity (Wildman–Crippen MR) is 83.7 cm³/mol. The molecule has 0 radical (unpaired) electrons. The molecule has 1 aromatic carbocycles. The zero-order valence-electron chi connectivity index (χ0n) is 11.9. The van der Waals surface area contributed by atoms with Crippen molar-refractivity contribution in [1.82, 2.24) is 5.32 Å². The van der Waals surface area contributed by atoms with Crippen LogP contribution in [0, 0.1) is 5.41 Å². The van der Waals surface area contributed by atoms with Gasteiger partial charge in [-0.2, -0.15) is 0 Å². The van der Waals surface area contributed by atoms with Gasteiger partial charge >= 0.3 is 0 Å². The molecule has 3 heteroatoms. The second-order valence-electron chi connectivity index (χ2n) is 6.19. The van der Waals surface area contributed by atoms with Gasteiger partial charge in [0.05, 0.1) is 0 Å². The molecule has 1 aromatic rings. The van der Waals surface area contributed by atoms with Crippen LogP contribution in [0.5, 0.6) is 5.75 Å². The van der Waals surface area contributed by atoms with Crippen LogP contribution >= 0.6 is 15.9 Å². The first-order valence-electron chi connectivity index (χ1n) is 7.17. The fourth-order valence-corrected chi connectivity index (χ4v) is 2.83. The van der Waals surface area contributed by atoms with Gasteiger partial charge in [0.15, 0.2) is 0 Å². The quantitative estimate of drug-likeness (QED) is 0.811. The second kappa shape index (κ2) is 6.76. The van der Waals surface area contributed by atoms with Crippen molar-refractivity contribution >= 4 is 15.9 Å². The molecule has 0 heterocycles. The Morgan fingerprint density at radius 3 is 2.47 bits per heavy atom. The van der Waals surface area contributed by atoms with Crippen molar-refractivity contribution in [3.05, 3.63) is 28.7 Å². The normalized spacial score (nSPS) is 19.3. The van der Waals surface area contributed by atoms with Gasteiger partial charge in [-0.3, -0.25) is 0 Å². The van der Waals surface area contributed by atoms with Gasteiger partial charge in [-0.15, -0.1) is 0 Å². The Morgan fingerprint density at radius 2 is 1.84 bits per heavy atom. The summed E-state index contributed by atoms with van der Waals surface area (Å²) in [6.07, 6.45) is 5.26. The number of halogens is 1. The lowest BCUT2D eigenvalue weighted by Gasteiger charge is -2.34. The summed E-state index contributed by atoms with van der Waals surface area (Å²) in [4.78, 5) is 0. The maximum Gasteiger partial charge on any atom is 0.119 e. The van der Waals surface area contributed by atoms with Gasteiger partial charge in [0.2, 0.25) is 0 Å². The van der Waals surface area contributed by atoms with Crippen molar-refractivity contribution < 1.29 is 4.74 Å². The predicted octanol–water partition coefficient (Wildman–Crippen LogP) is 4.39. The van der Waals surface area contributed by atoms with Crippen molar-refractivity contribution in [2.24, 2.45) is 5.41 Å². The van der Waals surface area contributed by atoms with Crippen LogP contribution < -0.4 is 10.1 Å². The van der Waals surface area contributed by atoms with E-state index in [2.05, 4.69) is 35.1 Å².